The fourth-order valence-corrected chi connectivity index (χ4v) is 3.64. The van der Waals surface area contributed by atoms with Gasteiger partial charge >= 0.3 is 0 Å². The second-order valence-corrected chi connectivity index (χ2v) is 7.25. The summed E-state index contributed by atoms with van der Waals surface area (Å²) >= 11 is 6.10. The van der Waals surface area contributed by atoms with E-state index in [9.17, 15) is 14.8 Å². The number of pyridine rings is 1. The predicted molar refractivity (Wildman–Crippen MR) is 110 cm³/mol. The molecule has 1 N–H and O–H groups in total. The Morgan fingerprint density at radius 1 is 1.07 bits per heavy atom. The molecule has 1 aliphatic heterocycles. The van der Waals surface area contributed by atoms with E-state index in [0.717, 1.165) is 11.1 Å². The van der Waals surface area contributed by atoms with Crippen LogP contribution in [-0.4, -0.2) is 23.3 Å². The number of anilines is 1. The fraction of sp³-hybridized carbons (Fsp3) is 0.136. The van der Waals surface area contributed by atoms with Crippen molar-refractivity contribution < 1.29 is 14.3 Å². The van der Waals surface area contributed by atoms with E-state index in [0.29, 0.717) is 46.1 Å². The molecule has 0 spiro atoms. The second-order valence-electron chi connectivity index (χ2n) is 6.85. The van der Waals surface area contributed by atoms with Crippen molar-refractivity contribution in [3.05, 3.63) is 99.5 Å². The van der Waals surface area contributed by atoms with Crippen molar-refractivity contribution in [2.24, 2.45) is 0 Å². The zero-order chi connectivity index (χ0) is 20.4. The molecule has 146 valence electrons. The normalized spacial score (nSPS) is 12.9. The zero-order valence-electron chi connectivity index (χ0n) is 15.5. The molecule has 1 aromatic heterocycles. The first kappa shape index (κ1) is 19.0. The van der Waals surface area contributed by atoms with Crippen LogP contribution in [0.5, 0.6) is 0 Å². The molecule has 0 radical (unpaired) electrons. The van der Waals surface area contributed by atoms with Crippen LogP contribution in [0.3, 0.4) is 0 Å². The number of rotatable bonds is 3. The van der Waals surface area contributed by atoms with Gasteiger partial charge in [0.25, 0.3) is 11.8 Å². The Balaban J connectivity index is 1.52. The lowest BCUT2D eigenvalue weighted by Gasteiger charge is -2.29. The summed E-state index contributed by atoms with van der Waals surface area (Å²) in [5.41, 5.74) is 3.50. The molecular weight excluding hydrogens is 390 g/mol. The van der Waals surface area contributed by atoms with Crippen molar-refractivity contribution >= 4 is 29.1 Å². The summed E-state index contributed by atoms with van der Waals surface area (Å²) in [5, 5.41) is 14.7. The number of hydrogen-bond donors (Lipinski definition) is 1. The molecule has 2 aromatic carbocycles. The van der Waals surface area contributed by atoms with Gasteiger partial charge in [0.15, 0.2) is 12.4 Å². The number of amides is 2. The van der Waals surface area contributed by atoms with E-state index in [2.05, 4.69) is 5.32 Å². The Hall–Kier alpha value is -3.38. The van der Waals surface area contributed by atoms with E-state index in [1.165, 1.54) is 12.4 Å². The average Bonchev–Trinajstić information content (AvgIpc) is 2.73. The maximum absolute atomic E-state index is 12.7. The molecule has 0 bridgehead atoms. The highest BCUT2D eigenvalue weighted by molar-refractivity contribution is 6.34. The molecule has 0 fully saturated rings. The molecule has 0 saturated heterocycles. The highest BCUT2D eigenvalue weighted by Gasteiger charge is 2.23. The Bertz CT molecular complexity index is 1100. The molecule has 6 nitrogen and oxygen atoms in total. The first-order valence-corrected chi connectivity index (χ1v) is 9.55. The van der Waals surface area contributed by atoms with Crippen molar-refractivity contribution in [1.82, 2.24) is 4.90 Å². The minimum Gasteiger partial charge on any atom is -0.619 e. The van der Waals surface area contributed by atoms with Gasteiger partial charge in [-0.3, -0.25) is 9.59 Å². The van der Waals surface area contributed by atoms with Crippen molar-refractivity contribution in [2.75, 3.05) is 11.9 Å². The van der Waals surface area contributed by atoms with Gasteiger partial charge in [-0.2, -0.15) is 4.73 Å². The van der Waals surface area contributed by atoms with Crippen LogP contribution in [0.2, 0.25) is 5.02 Å². The minimum atomic E-state index is -0.288. The largest absolute Gasteiger partial charge is 0.619 e. The summed E-state index contributed by atoms with van der Waals surface area (Å²) in [6.45, 7) is 0.989. The summed E-state index contributed by atoms with van der Waals surface area (Å²) in [6.07, 6.45) is 3.33. The third kappa shape index (κ3) is 4.07. The van der Waals surface area contributed by atoms with Crippen molar-refractivity contribution in [3.63, 3.8) is 0 Å². The van der Waals surface area contributed by atoms with Gasteiger partial charge in [-0.25, -0.2) is 0 Å². The summed E-state index contributed by atoms with van der Waals surface area (Å²) in [4.78, 5) is 26.9. The van der Waals surface area contributed by atoms with Crippen LogP contribution in [0, 0.1) is 5.21 Å². The van der Waals surface area contributed by atoms with Gasteiger partial charge in [0, 0.05) is 24.8 Å². The Morgan fingerprint density at radius 2 is 1.90 bits per heavy atom. The van der Waals surface area contributed by atoms with Crippen LogP contribution in [0.15, 0.2) is 67.0 Å². The van der Waals surface area contributed by atoms with Crippen LogP contribution >= 0.6 is 11.6 Å². The van der Waals surface area contributed by atoms with Gasteiger partial charge in [-0.05, 0) is 47.9 Å². The van der Waals surface area contributed by atoms with Crippen LogP contribution in [0.25, 0.3) is 0 Å². The number of hydrogen-bond acceptors (Lipinski definition) is 3. The van der Waals surface area contributed by atoms with Gasteiger partial charge in [0.05, 0.1) is 10.6 Å². The molecule has 0 saturated carbocycles. The summed E-state index contributed by atoms with van der Waals surface area (Å²) < 4.78 is 0.619. The smallest absolute Gasteiger partial charge is 0.260 e. The van der Waals surface area contributed by atoms with Crippen molar-refractivity contribution in [3.8, 4) is 0 Å². The van der Waals surface area contributed by atoms with Crippen LogP contribution < -0.4 is 10.0 Å². The molecule has 2 heterocycles. The third-order valence-corrected chi connectivity index (χ3v) is 5.23. The predicted octanol–water partition coefficient (Wildman–Crippen LogP) is 3.42. The molecular formula is C22H18ClN3O3. The van der Waals surface area contributed by atoms with E-state index in [4.69, 9.17) is 11.6 Å². The second kappa shape index (κ2) is 7.93. The number of nitrogens with zero attached hydrogens (tertiary/aromatic N) is 2. The molecule has 7 heteroatoms. The lowest BCUT2D eigenvalue weighted by atomic mass is 9.98. The highest BCUT2D eigenvalue weighted by Crippen LogP contribution is 2.25. The average molecular weight is 408 g/mol. The van der Waals surface area contributed by atoms with Crippen molar-refractivity contribution in [1.29, 1.82) is 0 Å². The molecule has 0 unspecified atom stereocenters. The van der Waals surface area contributed by atoms with Crippen LogP contribution in [0.1, 0.15) is 31.8 Å². The molecule has 0 aliphatic carbocycles. The quantitative estimate of drug-likeness (QED) is 0.534. The number of aromatic nitrogens is 1. The van der Waals surface area contributed by atoms with E-state index >= 15 is 0 Å². The third-order valence-electron chi connectivity index (χ3n) is 4.90. The summed E-state index contributed by atoms with van der Waals surface area (Å²) in [6, 6.07) is 15.7. The minimum absolute atomic E-state index is 0.189. The highest BCUT2D eigenvalue weighted by atomic mass is 35.5. The summed E-state index contributed by atoms with van der Waals surface area (Å²) in [7, 11) is 0. The first-order valence-electron chi connectivity index (χ1n) is 9.17. The lowest BCUT2D eigenvalue weighted by molar-refractivity contribution is -0.605. The van der Waals surface area contributed by atoms with Crippen LogP contribution in [0.4, 0.5) is 5.69 Å². The molecule has 3 aromatic rings. The standard InChI is InChI=1S/C22H18ClN3O3/c23-20-6-2-1-5-19(20)21(27)24-18-8-7-15-9-11-25(13-17(15)12-18)22(28)16-4-3-10-26(29)14-16/h1-8,10,12,14H,9,11,13H2,(H,24,27). The monoisotopic (exact) mass is 407 g/mol. The van der Waals surface area contributed by atoms with E-state index in [1.807, 2.05) is 18.2 Å². The van der Waals surface area contributed by atoms with Gasteiger partial charge in [-0.15, -0.1) is 0 Å². The molecule has 0 atom stereocenters. The summed E-state index contributed by atoms with van der Waals surface area (Å²) in [5.74, 6) is -0.477. The van der Waals surface area contributed by atoms with Crippen LogP contribution in [-0.2, 0) is 13.0 Å². The molecule has 1 aliphatic rings. The number of fused-ring (bicyclic) bond motifs is 1. The Kier molecular flexibility index (Phi) is 5.18. The molecule has 4 rings (SSSR count). The fourth-order valence-electron chi connectivity index (χ4n) is 3.42. The van der Waals surface area contributed by atoms with Crippen molar-refractivity contribution in [2.45, 2.75) is 13.0 Å². The maximum Gasteiger partial charge on any atom is 0.260 e. The van der Waals surface area contributed by atoms with E-state index < -0.39 is 0 Å². The van der Waals surface area contributed by atoms with Gasteiger partial charge in [-0.1, -0.05) is 29.8 Å². The topological polar surface area (TPSA) is 76.4 Å². The molecule has 29 heavy (non-hydrogen) atoms. The van der Waals surface area contributed by atoms with E-state index in [-0.39, 0.29) is 11.8 Å². The van der Waals surface area contributed by atoms with E-state index in [1.54, 1.807) is 41.3 Å². The number of halogens is 1. The first-order chi connectivity index (χ1) is 14.0. The maximum atomic E-state index is 12.7. The number of carbonyl (C=O) groups is 2. The number of benzene rings is 2. The van der Waals surface area contributed by atoms with Gasteiger partial charge in [0.1, 0.15) is 5.56 Å². The number of nitrogens with one attached hydrogen (secondary N) is 1. The molecule has 2 amide bonds. The SMILES string of the molecule is O=C(Nc1ccc2c(c1)CN(C(=O)c1ccc[n+]([O-])c1)CC2)c1ccccc1Cl. The van der Waals surface area contributed by atoms with Gasteiger partial charge in [0.2, 0.25) is 0 Å². The lowest BCUT2D eigenvalue weighted by Crippen LogP contribution is -2.37. The Morgan fingerprint density at radius 3 is 2.69 bits per heavy atom. The van der Waals surface area contributed by atoms with Gasteiger partial charge < -0.3 is 15.4 Å². The zero-order valence-corrected chi connectivity index (χ0v) is 16.2. The number of carbonyl (C=O) groups excluding carboxylic acids is 2. The Labute approximate surface area is 172 Å².